The van der Waals surface area contributed by atoms with Gasteiger partial charge in [0.05, 0.1) is 12.2 Å². The van der Waals surface area contributed by atoms with E-state index in [0.717, 1.165) is 18.4 Å². The minimum Gasteiger partial charge on any atom is -0.492 e. The molecule has 1 aliphatic rings. The van der Waals surface area contributed by atoms with Gasteiger partial charge in [0.25, 0.3) is 0 Å². The lowest BCUT2D eigenvalue weighted by molar-refractivity contribution is -0.0229. The van der Waals surface area contributed by atoms with Gasteiger partial charge in [0.15, 0.2) is 5.43 Å². The number of hydrogen-bond acceptors (Lipinski definition) is 6. The maximum absolute atomic E-state index is 13.4. The van der Waals surface area contributed by atoms with E-state index in [4.69, 9.17) is 13.9 Å². The van der Waals surface area contributed by atoms with Crippen LogP contribution in [0.25, 0.3) is 11.0 Å². The van der Waals surface area contributed by atoms with Gasteiger partial charge in [-0.3, -0.25) is 4.79 Å². The molecular weight excluding hydrogens is 372 g/mol. The number of ether oxygens (including phenoxy) is 2. The molecule has 0 aliphatic carbocycles. The molecule has 1 aromatic heterocycles. The van der Waals surface area contributed by atoms with Gasteiger partial charge in [0.2, 0.25) is 0 Å². The van der Waals surface area contributed by atoms with Crippen LogP contribution in [0.5, 0.6) is 11.5 Å². The highest BCUT2D eigenvalue weighted by Crippen LogP contribution is 2.43. The van der Waals surface area contributed by atoms with E-state index in [1.165, 1.54) is 0 Å². The topological polar surface area (TPSA) is 89.1 Å². The molecule has 0 saturated heterocycles. The van der Waals surface area contributed by atoms with Gasteiger partial charge in [-0.05, 0) is 39.0 Å². The summed E-state index contributed by atoms with van der Waals surface area (Å²) in [5, 5.41) is 20.6. The predicted molar refractivity (Wildman–Crippen MR) is 112 cm³/mol. The van der Waals surface area contributed by atoms with E-state index in [1.807, 2.05) is 6.92 Å². The molecule has 0 fully saturated rings. The van der Waals surface area contributed by atoms with Gasteiger partial charge in [0, 0.05) is 23.6 Å². The summed E-state index contributed by atoms with van der Waals surface area (Å²) in [5.74, 6) is 1.75. The second-order valence-corrected chi connectivity index (χ2v) is 8.79. The van der Waals surface area contributed by atoms with E-state index < -0.39 is 11.7 Å². The van der Waals surface area contributed by atoms with Gasteiger partial charge in [-0.25, -0.2) is 0 Å². The first-order chi connectivity index (χ1) is 13.7. The third kappa shape index (κ3) is 4.28. The third-order valence-corrected chi connectivity index (χ3v) is 5.39. The third-order valence-electron chi connectivity index (χ3n) is 5.39. The Morgan fingerprint density at radius 1 is 1.34 bits per heavy atom. The van der Waals surface area contributed by atoms with E-state index in [1.54, 1.807) is 19.9 Å². The Bertz CT molecular complexity index is 935. The number of hydrogen-bond donors (Lipinski definition) is 2. The Hall–Kier alpha value is -2.05. The van der Waals surface area contributed by atoms with Crippen molar-refractivity contribution in [3.63, 3.8) is 0 Å². The first kappa shape index (κ1) is 21.7. The molecule has 160 valence electrons. The second-order valence-electron chi connectivity index (χ2n) is 8.79. The summed E-state index contributed by atoms with van der Waals surface area (Å²) >= 11 is 0. The average molecular weight is 405 g/mol. The zero-order chi connectivity index (χ0) is 21.3. The van der Waals surface area contributed by atoms with E-state index in [-0.39, 0.29) is 12.0 Å². The quantitative estimate of drug-likeness (QED) is 0.697. The molecule has 1 aliphatic heterocycles. The molecule has 0 amide bonds. The molecule has 2 heterocycles. The summed E-state index contributed by atoms with van der Waals surface area (Å²) in [6.07, 6.45) is 2.17. The number of aliphatic hydroxyl groups excluding tert-OH is 1. The first-order valence-electron chi connectivity index (χ1n) is 10.4. The zero-order valence-electron chi connectivity index (χ0n) is 18.0. The second kappa shape index (κ2) is 8.36. The molecule has 0 radical (unpaired) electrons. The molecule has 0 spiro atoms. The van der Waals surface area contributed by atoms with Crippen LogP contribution in [-0.2, 0) is 19.4 Å². The minimum absolute atomic E-state index is 0.156. The van der Waals surface area contributed by atoms with Crippen LogP contribution in [0.2, 0.25) is 0 Å². The van der Waals surface area contributed by atoms with Crippen molar-refractivity contribution in [2.75, 3.05) is 6.61 Å². The van der Waals surface area contributed by atoms with Crippen molar-refractivity contribution in [3.05, 3.63) is 33.2 Å². The van der Waals surface area contributed by atoms with E-state index in [2.05, 4.69) is 13.8 Å². The zero-order valence-corrected chi connectivity index (χ0v) is 18.0. The Balaban J connectivity index is 2.22. The fraction of sp³-hybridized carbons (Fsp3) is 0.609. The highest BCUT2D eigenvalue weighted by atomic mass is 16.5. The maximum Gasteiger partial charge on any atom is 0.200 e. The van der Waals surface area contributed by atoms with Crippen molar-refractivity contribution < 1.29 is 24.1 Å². The molecule has 0 saturated carbocycles. The normalized spacial score (nSPS) is 16.3. The Morgan fingerprint density at radius 2 is 2.07 bits per heavy atom. The lowest BCUT2D eigenvalue weighted by atomic mass is 9.95. The standard InChI is InChI=1S/C23H32O6/c1-6-9-27-22-15-10-19(23(4,5)26)29-16(15)11-17-20(22)21(25)14(8-7-13(2)3)18(12-24)28-17/h11,13,19,24,26H,6-10,12H2,1-5H3/t19-/m0/s1. The van der Waals surface area contributed by atoms with Crippen molar-refractivity contribution in [2.45, 2.75) is 78.6 Å². The smallest absolute Gasteiger partial charge is 0.200 e. The van der Waals surface area contributed by atoms with Crippen LogP contribution in [0.4, 0.5) is 0 Å². The highest BCUT2D eigenvalue weighted by Gasteiger charge is 2.38. The van der Waals surface area contributed by atoms with Crippen molar-refractivity contribution in [2.24, 2.45) is 5.92 Å². The lowest BCUT2D eigenvalue weighted by Gasteiger charge is -2.24. The van der Waals surface area contributed by atoms with Gasteiger partial charge in [-0.2, -0.15) is 0 Å². The molecule has 1 aromatic carbocycles. The largest absolute Gasteiger partial charge is 0.492 e. The van der Waals surface area contributed by atoms with Gasteiger partial charge in [0.1, 0.15) is 40.9 Å². The molecule has 2 N–H and O–H groups in total. The number of rotatable bonds is 8. The van der Waals surface area contributed by atoms with Crippen LogP contribution in [0.1, 0.15) is 64.3 Å². The van der Waals surface area contributed by atoms with Gasteiger partial charge in [-0.15, -0.1) is 0 Å². The van der Waals surface area contributed by atoms with Crippen LogP contribution in [-0.4, -0.2) is 28.5 Å². The van der Waals surface area contributed by atoms with Gasteiger partial charge in [-0.1, -0.05) is 20.8 Å². The van der Waals surface area contributed by atoms with Crippen molar-refractivity contribution in [3.8, 4) is 11.5 Å². The monoisotopic (exact) mass is 404 g/mol. The molecule has 1 atom stereocenters. The molecule has 3 rings (SSSR count). The SMILES string of the molecule is CCCOc1c2c(cc3oc(CO)c(CCC(C)C)c(=O)c13)O[C@H](C(C)(C)O)C2. The molecule has 0 bridgehead atoms. The summed E-state index contributed by atoms with van der Waals surface area (Å²) in [7, 11) is 0. The van der Waals surface area contributed by atoms with E-state index in [9.17, 15) is 15.0 Å². The summed E-state index contributed by atoms with van der Waals surface area (Å²) in [4.78, 5) is 13.4. The van der Waals surface area contributed by atoms with Gasteiger partial charge >= 0.3 is 0 Å². The van der Waals surface area contributed by atoms with Crippen LogP contribution in [0.3, 0.4) is 0 Å². The summed E-state index contributed by atoms with van der Waals surface area (Å²) < 4.78 is 17.9. The van der Waals surface area contributed by atoms with Crippen molar-refractivity contribution >= 4 is 11.0 Å². The van der Waals surface area contributed by atoms with Gasteiger partial charge < -0.3 is 24.1 Å². The Morgan fingerprint density at radius 3 is 2.66 bits per heavy atom. The first-order valence-corrected chi connectivity index (χ1v) is 10.4. The summed E-state index contributed by atoms with van der Waals surface area (Å²) in [6.45, 7) is 9.72. The van der Waals surface area contributed by atoms with Crippen LogP contribution < -0.4 is 14.9 Å². The predicted octanol–water partition coefficient (Wildman–Crippen LogP) is 3.74. The molecule has 29 heavy (non-hydrogen) atoms. The number of fused-ring (bicyclic) bond motifs is 2. The van der Waals surface area contributed by atoms with E-state index in [0.29, 0.717) is 59.2 Å². The van der Waals surface area contributed by atoms with E-state index >= 15 is 0 Å². The Labute approximate surface area is 171 Å². The Kier molecular flexibility index (Phi) is 6.24. The average Bonchev–Trinajstić information content (AvgIpc) is 3.08. The fourth-order valence-electron chi connectivity index (χ4n) is 3.67. The summed E-state index contributed by atoms with van der Waals surface area (Å²) in [6, 6.07) is 1.68. The van der Waals surface area contributed by atoms with Crippen LogP contribution in [0, 0.1) is 5.92 Å². The van der Waals surface area contributed by atoms with Crippen LogP contribution >= 0.6 is 0 Å². The maximum atomic E-state index is 13.4. The highest BCUT2D eigenvalue weighted by molar-refractivity contribution is 5.88. The molecular formula is C23H32O6. The minimum atomic E-state index is -1.04. The fourth-order valence-corrected chi connectivity index (χ4v) is 3.67. The molecule has 6 nitrogen and oxygen atoms in total. The van der Waals surface area contributed by atoms with Crippen molar-refractivity contribution in [1.82, 2.24) is 0 Å². The molecule has 2 aromatic rings. The van der Waals surface area contributed by atoms with Crippen molar-refractivity contribution in [1.29, 1.82) is 0 Å². The number of aliphatic hydroxyl groups is 2. The molecule has 0 unspecified atom stereocenters. The summed E-state index contributed by atoms with van der Waals surface area (Å²) in [5.41, 5.74) is 0.443. The number of benzene rings is 1. The molecule has 6 heteroatoms. The lowest BCUT2D eigenvalue weighted by Crippen LogP contribution is -2.39. The van der Waals surface area contributed by atoms with Crippen LogP contribution in [0.15, 0.2) is 15.3 Å².